The third-order valence-electron chi connectivity index (χ3n) is 2.68. The van der Waals surface area contributed by atoms with E-state index in [2.05, 4.69) is 10.6 Å². The highest BCUT2D eigenvalue weighted by molar-refractivity contribution is 5.87. The van der Waals surface area contributed by atoms with E-state index >= 15 is 0 Å². The minimum atomic E-state index is -0.320. The van der Waals surface area contributed by atoms with Crippen molar-refractivity contribution < 1.29 is 14.0 Å². The molecule has 0 aromatic heterocycles. The number of nitrogens with zero attached hydrogens (tertiary/aromatic N) is 1. The number of anilines is 1. The number of carbonyl (C=O) groups excluding carboxylic acids is 2. The molecule has 2 amide bonds. The van der Waals surface area contributed by atoms with Crippen LogP contribution in [0.2, 0.25) is 0 Å². The first-order valence-electron chi connectivity index (χ1n) is 5.69. The quantitative estimate of drug-likeness (QED) is 0.806. The Hall–Kier alpha value is -2.11. The minimum Gasteiger partial charge on any atom is -0.376 e. The fourth-order valence-electron chi connectivity index (χ4n) is 1.71. The molecule has 5 nitrogen and oxygen atoms in total. The van der Waals surface area contributed by atoms with Crippen molar-refractivity contribution in [2.24, 2.45) is 0 Å². The molecule has 1 fully saturated rings. The molecule has 6 heteroatoms. The summed E-state index contributed by atoms with van der Waals surface area (Å²) in [7, 11) is 0. The van der Waals surface area contributed by atoms with Gasteiger partial charge in [0.15, 0.2) is 0 Å². The average Bonchev–Trinajstić information content (AvgIpc) is 2.38. The van der Waals surface area contributed by atoms with Crippen LogP contribution in [0, 0.1) is 5.82 Å². The Kier molecular flexibility index (Phi) is 3.76. The Morgan fingerprint density at radius 3 is 2.78 bits per heavy atom. The molecule has 1 saturated heterocycles. The van der Waals surface area contributed by atoms with Gasteiger partial charge in [0, 0.05) is 18.8 Å². The van der Waals surface area contributed by atoms with Gasteiger partial charge < -0.3 is 15.5 Å². The van der Waals surface area contributed by atoms with Crippen LogP contribution in [0.5, 0.6) is 0 Å². The molecule has 1 aliphatic rings. The van der Waals surface area contributed by atoms with E-state index in [0.717, 1.165) is 0 Å². The molecule has 0 atom stereocenters. The van der Waals surface area contributed by atoms with Gasteiger partial charge in [0.25, 0.3) is 0 Å². The van der Waals surface area contributed by atoms with Gasteiger partial charge in [-0.3, -0.25) is 9.59 Å². The van der Waals surface area contributed by atoms with Gasteiger partial charge in [-0.05, 0) is 24.3 Å². The Morgan fingerprint density at radius 2 is 2.11 bits per heavy atom. The number of hydrogen-bond acceptors (Lipinski definition) is 3. The molecule has 0 bridgehead atoms. The van der Waals surface area contributed by atoms with Crippen LogP contribution in [0.1, 0.15) is 0 Å². The fourth-order valence-corrected chi connectivity index (χ4v) is 1.71. The molecule has 18 heavy (non-hydrogen) atoms. The number of hydrogen-bond donors (Lipinski definition) is 2. The van der Waals surface area contributed by atoms with Gasteiger partial charge in [-0.15, -0.1) is 0 Å². The lowest BCUT2D eigenvalue weighted by molar-refractivity contribution is -0.136. The molecule has 1 heterocycles. The number of carbonyl (C=O) groups is 2. The topological polar surface area (TPSA) is 61.4 Å². The number of benzene rings is 1. The maximum Gasteiger partial charge on any atom is 0.242 e. The van der Waals surface area contributed by atoms with Crippen molar-refractivity contribution in [2.45, 2.75) is 0 Å². The zero-order valence-electron chi connectivity index (χ0n) is 9.78. The summed E-state index contributed by atoms with van der Waals surface area (Å²) in [5, 5.41) is 5.55. The number of amides is 2. The molecule has 0 spiro atoms. The van der Waals surface area contributed by atoms with Gasteiger partial charge in [0.1, 0.15) is 5.82 Å². The lowest BCUT2D eigenvalue weighted by Crippen LogP contribution is -2.51. The SMILES string of the molecule is O=C1CN(C(=O)CNc2ccc(F)cc2)CCN1. The normalized spacial score (nSPS) is 15.2. The molecule has 2 N–H and O–H groups in total. The number of rotatable bonds is 3. The zero-order valence-corrected chi connectivity index (χ0v) is 9.78. The highest BCUT2D eigenvalue weighted by atomic mass is 19.1. The average molecular weight is 251 g/mol. The Labute approximate surface area is 104 Å². The lowest BCUT2D eigenvalue weighted by atomic mass is 10.3. The second-order valence-electron chi connectivity index (χ2n) is 4.03. The maximum atomic E-state index is 12.7. The molecule has 0 saturated carbocycles. The van der Waals surface area contributed by atoms with E-state index in [1.807, 2.05) is 0 Å². The number of piperazine rings is 1. The van der Waals surface area contributed by atoms with Crippen LogP contribution in [0.25, 0.3) is 0 Å². The molecule has 0 unspecified atom stereocenters. The first-order valence-corrected chi connectivity index (χ1v) is 5.69. The van der Waals surface area contributed by atoms with Crippen molar-refractivity contribution in [3.05, 3.63) is 30.1 Å². The van der Waals surface area contributed by atoms with Crippen molar-refractivity contribution in [2.75, 3.05) is 31.5 Å². The molecule has 1 aliphatic heterocycles. The molecule has 0 radical (unpaired) electrons. The molecule has 1 aromatic carbocycles. The number of halogens is 1. The van der Waals surface area contributed by atoms with Gasteiger partial charge in [-0.2, -0.15) is 0 Å². The smallest absolute Gasteiger partial charge is 0.242 e. The Bertz CT molecular complexity index is 447. The molecule has 2 rings (SSSR count). The van der Waals surface area contributed by atoms with Crippen molar-refractivity contribution in [3.8, 4) is 0 Å². The second-order valence-corrected chi connectivity index (χ2v) is 4.03. The Balaban J connectivity index is 1.84. The van der Waals surface area contributed by atoms with Gasteiger partial charge in [0.05, 0.1) is 13.1 Å². The molecule has 96 valence electrons. The third kappa shape index (κ3) is 3.19. The summed E-state index contributed by atoms with van der Waals surface area (Å²) in [6, 6.07) is 5.76. The maximum absolute atomic E-state index is 12.7. The molecule has 1 aromatic rings. The molecular weight excluding hydrogens is 237 g/mol. The van der Waals surface area contributed by atoms with Gasteiger partial charge in [0.2, 0.25) is 11.8 Å². The molecule has 0 aliphatic carbocycles. The van der Waals surface area contributed by atoms with E-state index in [1.165, 1.54) is 17.0 Å². The predicted octanol–water partition coefficient (Wildman–Crippen LogP) is 0.196. The monoisotopic (exact) mass is 251 g/mol. The van der Waals surface area contributed by atoms with E-state index in [4.69, 9.17) is 0 Å². The summed E-state index contributed by atoms with van der Waals surface area (Å²) in [6.45, 7) is 1.21. The summed E-state index contributed by atoms with van der Waals surface area (Å²) in [5.41, 5.74) is 0.672. The first kappa shape index (κ1) is 12.3. The van der Waals surface area contributed by atoms with Crippen molar-refractivity contribution in [1.82, 2.24) is 10.2 Å². The van der Waals surface area contributed by atoms with Crippen LogP contribution in [0.4, 0.5) is 10.1 Å². The Morgan fingerprint density at radius 1 is 1.39 bits per heavy atom. The van der Waals surface area contributed by atoms with Crippen LogP contribution in [-0.2, 0) is 9.59 Å². The highest BCUT2D eigenvalue weighted by Crippen LogP contribution is 2.08. The summed E-state index contributed by atoms with van der Waals surface area (Å²) < 4.78 is 12.7. The van der Waals surface area contributed by atoms with Crippen LogP contribution in [0.15, 0.2) is 24.3 Å². The van der Waals surface area contributed by atoms with Crippen LogP contribution >= 0.6 is 0 Å². The molecular formula is C12H14FN3O2. The van der Waals surface area contributed by atoms with Gasteiger partial charge in [-0.1, -0.05) is 0 Å². The van der Waals surface area contributed by atoms with Crippen molar-refractivity contribution >= 4 is 17.5 Å². The fraction of sp³-hybridized carbons (Fsp3) is 0.333. The van der Waals surface area contributed by atoms with E-state index in [0.29, 0.717) is 18.8 Å². The van der Waals surface area contributed by atoms with Gasteiger partial charge in [-0.25, -0.2) is 4.39 Å². The summed E-state index contributed by atoms with van der Waals surface area (Å²) in [5.74, 6) is -0.606. The van der Waals surface area contributed by atoms with Crippen molar-refractivity contribution in [1.29, 1.82) is 0 Å². The zero-order chi connectivity index (χ0) is 13.0. The van der Waals surface area contributed by atoms with Crippen LogP contribution in [0.3, 0.4) is 0 Å². The van der Waals surface area contributed by atoms with E-state index in [-0.39, 0.29) is 30.7 Å². The number of nitrogens with one attached hydrogen (secondary N) is 2. The van der Waals surface area contributed by atoms with Crippen LogP contribution in [-0.4, -0.2) is 42.9 Å². The summed E-state index contributed by atoms with van der Waals surface area (Å²) >= 11 is 0. The van der Waals surface area contributed by atoms with E-state index in [1.54, 1.807) is 12.1 Å². The lowest BCUT2D eigenvalue weighted by Gasteiger charge is -2.26. The van der Waals surface area contributed by atoms with Crippen LogP contribution < -0.4 is 10.6 Å². The highest BCUT2D eigenvalue weighted by Gasteiger charge is 2.20. The minimum absolute atomic E-state index is 0.0961. The van der Waals surface area contributed by atoms with Crippen molar-refractivity contribution in [3.63, 3.8) is 0 Å². The largest absolute Gasteiger partial charge is 0.376 e. The van der Waals surface area contributed by atoms with Gasteiger partial charge >= 0.3 is 0 Å². The predicted molar refractivity (Wildman–Crippen MR) is 64.5 cm³/mol. The standard InChI is InChI=1S/C12H14FN3O2/c13-9-1-3-10(4-2-9)15-7-12(18)16-6-5-14-11(17)8-16/h1-4,15H,5-8H2,(H,14,17). The van der Waals surface area contributed by atoms with E-state index < -0.39 is 0 Å². The summed E-state index contributed by atoms with van der Waals surface area (Å²) in [4.78, 5) is 24.4. The van der Waals surface area contributed by atoms with E-state index in [9.17, 15) is 14.0 Å². The first-order chi connectivity index (χ1) is 8.65. The third-order valence-corrected chi connectivity index (χ3v) is 2.68. The summed E-state index contributed by atoms with van der Waals surface area (Å²) in [6.07, 6.45) is 0. The second kappa shape index (κ2) is 5.48.